The van der Waals surface area contributed by atoms with Crippen LogP contribution in [-0.2, 0) is 4.79 Å². The third kappa shape index (κ3) is 5.76. The lowest BCUT2D eigenvalue weighted by Crippen LogP contribution is -3.12. The number of hydrogen-bond donors (Lipinski definition) is 2. The first kappa shape index (κ1) is 15.8. The molecule has 1 aliphatic rings. The van der Waals surface area contributed by atoms with Crippen molar-refractivity contribution in [1.29, 1.82) is 0 Å². The smallest absolute Gasteiger partial charge is 0.230 e. The number of nitrogens with one attached hydrogen (secondary N) is 2. The maximum atomic E-state index is 12.1. The van der Waals surface area contributed by atoms with Crippen molar-refractivity contribution in [2.75, 3.05) is 32.1 Å². The predicted octanol–water partition coefficient (Wildman–Crippen LogP) is 1.73. The molecule has 1 aliphatic carbocycles. The van der Waals surface area contributed by atoms with Gasteiger partial charge in [-0.3, -0.25) is 4.79 Å². The minimum absolute atomic E-state index is 0.0904. The van der Waals surface area contributed by atoms with Crippen molar-refractivity contribution in [3.05, 3.63) is 24.3 Å². The van der Waals surface area contributed by atoms with Gasteiger partial charge < -0.3 is 15.0 Å². The summed E-state index contributed by atoms with van der Waals surface area (Å²) in [5.74, 6) is 1.76. The summed E-state index contributed by atoms with van der Waals surface area (Å²) in [6.45, 7) is 5.55. The molecule has 4 heteroatoms. The predicted molar refractivity (Wildman–Crippen MR) is 84.8 cm³/mol. The van der Waals surface area contributed by atoms with Gasteiger partial charge in [-0.25, -0.2) is 0 Å². The lowest BCUT2D eigenvalue weighted by atomic mass is 10.2. The molecule has 0 saturated heterocycles. The highest BCUT2D eigenvalue weighted by Crippen LogP contribution is 2.26. The van der Waals surface area contributed by atoms with E-state index in [1.165, 1.54) is 32.4 Å². The summed E-state index contributed by atoms with van der Waals surface area (Å²) < 4.78 is 5.16. The lowest BCUT2D eigenvalue weighted by molar-refractivity contribution is -0.901. The summed E-state index contributed by atoms with van der Waals surface area (Å²) in [5, 5.41) is 2.95. The number of anilines is 1. The number of benzene rings is 1. The number of rotatable bonds is 9. The van der Waals surface area contributed by atoms with Gasteiger partial charge in [0.05, 0.1) is 33.2 Å². The highest BCUT2D eigenvalue weighted by molar-refractivity contribution is 5.90. The summed E-state index contributed by atoms with van der Waals surface area (Å²) in [7, 11) is 1.63. The van der Waals surface area contributed by atoms with Gasteiger partial charge in [-0.1, -0.05) is 13.0 Å². The molecule has 116 valence electrons. The second kappa shape index (κ2) is 8.03. The fourth-order valence-electron chi connectivity index (χ4n) is 2.63. The molecule has 0 aromatic heterocycles. The Kier molecular flexibility index (Phi) is 6.05. The number of hydrogen-bond acceptors (Lipinski definition) is 2. The summed E-state index contributed by atoms with van der Waals surface area (Å²) in [5.41, 5.74) is 0.804. The van der Waals surface area contributed by atoms with Crippen LogP contribution in [0.3, 0.4) is 0 Å². The average molecular weight is 291 g/mol. The van der Waals surface area contributed by atoms with E-state index < -0.39 is 0 Å². The van der Waals surface area contributed by atoms with Gasteiger partial charge in [-0.15, -0.1) is 0 Å². The van der Waals surface area contributed by atoms with Crippen molar-refractivity contribution in [3.8, 4) is 5.75 Å². The van der Waals surface area contributed by atoms with Crippen LogP contribution < -0.4 is 15.0 Å². The third-order valence-corrected chi connectivity index (χ3v) is 3.94. The molecule has 0 aliphatic heterocycles. The zero-order valence-electron chi connectivity index (χ0n) is 13.2. The van der Waals surface area contributed by atoms with Crippen LogP contribution in [0.15, 0.2) is 24.3 Å². The van der Waals surface area contributed by atoms with Crippen LogP contribution >= 0.6 is 0 Å². The van der Waals surface area contributed by atoms with Gasteiger partial charge in [0.25, 0.3) is 0 Å². The average Bonchev–Trinajstić information content (AvgIpc) is 3.29. The van der Waals surface area contributed by atoms with Crippen LogP contribution in [0, 0.1) is 5.92 Å². The fraction of sp³-hybridized carbons (Fsp3) is 0.588. The number of ether oxygens (including phenoxy) is 1. The van der Waals surface area contributed by atoms with Crippen LogP contribution in [0.1, 0.15) is 32.6 Å². The van der Waals surface area contributed by atoms with E-state index in [1.54, 1.807) is 12.0 Å². The highest BCUT2D eigenvalue weighted by Gasteiger charge is 2.26. The highest BCUT2D eigenvalue weighted by atomic mass is 16.5. The number of quaternary nitrogens is 1. The molecule has 1 fully saturated rings. The van der Waals surface area contributed by atoms with Crippen LogP contribution in [0.5, 0.6) is 5.75 Å². The van der Waals surface area contributed by atoms with Crippen molar-refractivity contribution in [2.24, 2.45) is 5.92 Å². The molecule has 0 radical (unpaired) electrons. The van der Waals surface area contributed by atoms with Gasteiger partial charge in [0.2, 0.25) is 5.91 Å². The number of methoxy groups -OCH3 is 1. The maximum Gasteiger partial charge on any atom is 0.230 e. The summed E-state index contributed by atoms with van der Waals surface area (Å²) in [4.78, 5) is 13.6. The van der Waals surface area contributed by atoms with E-state index in [0.29, 0.717) is 6.42 Å². The Morgan fingerprint density at radius 1 is 1.38 bits per heavy atom. The number of carbonyl (C=O) groups excluding carboxylic acids is 1. The number of carbonyl (C=O) groups is 1. The topological polar surface area (TPSA) is 42.8 Å². The van der Waals surface area contributed by atoms with Crippen molar-refractivity contribution >= 4 is 11.6 Å². The molecular formula is C17H27N2O2+. The molecule has 1 unspecified atom stereocenters. The van der Waals surface area contributed by atoms with Gasteiger partial charge >= 0.3 is 0 Å². The Bertz CT molecular complexity index is 458. The second-order valence-corrected chi connectivity index (χ2v) is 5.93. The van der Waals surface area contributed by atoms with Crippen LogP contribution in [0.4, 0.5) is 5.69 Å². The summed E-state index contributed by atoms with van der Waals surface area (Å²) >= 11 is 0. The molecule has 4 nitrogen and oxygen atoms in total. The standard InChI is InChI=1S/C17H26N2O2/c1-3-10-19(13-14-7-8-14)11-9-17(20)18-15-5-4-6-16(12-15)21-2/h4-6,12,14H,3,7-11,13H2,1-2H3,(H,18,20)/p+1. The zero-order valence-corrected chi connectivity index (χ0v) is 13.2. The van der Waals surface area contributed by atoms with Gasteiger partial charge in [0, 0.05) is 17.7 Å². The van der Waals surface area contributed by atoms with Crippen LogP contribution in [0.25, 0.3) is 0 Å². The first-order valence-corrected chi connectivity index (χ1v) is 7.98. The third-order valence-electron chi connectivity index (χ3n) is 3.94. The largest absolute Gasteiger partial charge is 0.497 e. The fourth-order valence-corrected chi connectivity index (χ4v) is 2.63. The Balaban J connectivity index is 1.76. The molecule has 0 spiro atoms. The SMILES string of the molecule is CCC[NH+](CCC(=O)Nc1cccc(OC)c1)CC1CC1. The van der Waals surface area contributed by atoms with E-state index in [0.717, 1.165) is 23.9 Å². The minimum Gasteiger partial charge on any atom is -0.497 e. The van der Waals surface area contributed by atoms with Crippen molar-refractivity contribution in [1.82, 2.24) is 0 Å². The summed E-state index contributed by atoms with van der Waals surface area (Å²) in [6.07, 6.45) is 4.52. The van der Waals surface area contributed by atoms with Gasteiger partial charge in [0.1, 0.15) is 5.75 Å². The zero-order chi connectivity index (χ0) is 15.1. The van der Waals surface area contributed by atoms with Gasteiger partial charge in [-0.05, 0) is 31.4 Å². The van der Waals surface area contributed by atoms with Gasteiger partial charge in [-0.2, -0.15) is 0 Å². The van der Waals surface area contributed by atoms with Crippen molar-refractivity contribution in [3.63, 3.8) is 0 Å². The normalized spacial score (nSPS) is 15.5. The molecule has 2 N–H and O–H groups in total. The molecule has 1 aromatic rings. The lowest BCUT2D eigenvalue weighted by Gasteiger charge is -2.18. The van der Waals surface area contributed by atoms with E-state index >= 15 is 0 Å². The molecule has 1 atom stereocenters. The molecule has 0 bridgehead atoms. The molecule has 1 amide bonds. The van der Waals surface area contributed by atoms with Crippen molar-refractivity contribution in [2.45, 2.75) is 32.6 Å². The molecule has 0 heterocycles. The molecule has 1 aromatic carbocycles. The van der Waals surface area contributed by atoms with Crippen LogP contribution in [0.2, 0.25) is 0 Å². The van der Waals surface area contributed by atoms with E-state index in [-0.39, 0.29) is 5.91 Å². The Labute approximate surface area is 127 Å². The van der Waals surface area contributed by atoms with E-state index in [4.69, 9.17) is 4.74 Å². The van der Waals surface area contributed by atoms with E-state index in [2.05, 4.69) is 12.2 Å². The first-order valence-electron chi connectivity index (χ1n) is 7.98. The Morgan fingerprint density at radius 2 is 2.19 bits per heavy atom. The number of amides is 1. The molecular weight excluding hydrogens is 264 g/mol. The molecule has 2 rings (SSSR count). The first-order chi connectivity index (χ1) is 10.2. The molecule has 1 saturated carbocycles. The second-order valence-electron chi connectivity index (χ2n) is 5.93. The van der Waals surface area contributed by atoms with Crippen molar-refractivity contribution < 1.29 is 14.4 Å². The van der Waals surface area contributed by atoms with E-state index in [9.17, 15) is 4.79 Å². The van der Waals surface area contributed by atoms with Gasteiger partial charge in [0.15, 0.2) is 0 Å². The molecule has 21 heavy (non-hydrogen) atoms. The quantitative estimate of drug-likeness (QED) is 0.727. The monoisotopic (exact) mass is 291 g/mol. The Hall–Kier alpha value is -1.55. The van der Waals surface area contributed by atoms with E-state index in [1.807, 2.05) is 24.3 Å². The van der Waals surface area contributed by atoms with Crippen LogP contribution in [-0.4, -0.2) is 32.7 Å². The maximum absolute atomic E-state index is 12.1. The Morgan fingerprint density at radius 3 is 2.86 bits per heavy atom. The summed E-state index contributed by atoms with van der Waals surface area (Å²) in [6, 6.07) is 7.49. The minimum atomic E-state index is 0.0904.